The van der Waals surface area contributed by atoms with Crippen LogP contribution in [0.5, 0.6) is 17.2 Å². The average Bonchev–Trinajstić information content (AvgIpc) is 2.52. The van der Waals surface area contributed by atoms with E-state index in [4.69, 9.17) is 14.2 Å². The van der Waals surface area contributed by atoms with Crippen molar-refractivity contribution in [1.29, 1.82) is 0 Å². The van der Waals surface area contributed by atoms with Crippen molar-refractivity contribution in [1.82, 2.24) is 0 Å². The second kappa shape index (κ2) is 6.61. The van der Waals surface area contributed by atoms with Crippen molar-refractivity contribution in [2.45, 2.75) is 0 Å². The van der Waals surface area contributed by atoms with Crippen LogP contribution in [0.3, 0.4) is 0 Å². The molecule has 0 aliphatic carbocycles. The maximum absolute atomic E-state index is 5.40. The molecule has 0 bridgehead atoms. The van der Waals surface area contributed by atoms with Gasteiger partial charge < -0.3 is 14.2 Å². The normalized spacial score (nSPS) is 10.6. The molecule has 0 fully saturated rings. The van der Waals surface area contributed by atoms with E-state index in [1.807, 2.05) is 42.5 Å². The van der Waals surface area contributed by atoms with Gasteiger partial charge in [0.1, 0.15) is 0 Å². The Morgan fingerprint density at radius 2 is 1.50 bits per heavy atom. The Kier molecular flexibility index (Phi) is 4.60. The smallest absolute Gasteiger partial charge is 0.203 e. The molecule has 0 N–H and O–H groups in total. The molecule has 2 rings (SSSR count). The predicted molar refractivity (Wildman–Crippen MR) is 79.8 cm³/mol. The van der Waals surface area contributed by atoms with E-state index in [1.54, 1.807) is 27.5 Å². The number of rotatable bonds is 5. The summed E-state index contributed by atoms with van der Waals surface area (Å²) in [6.07, 6.45) is 1.75. The SMILES string of the molecule is COc1ccc(C=Nc2ccccc2)c(OC)c1OC. The first kappa shape index (κ1) is 13.9. The number of ether oxygens (including phenoxy) is 3. The van der Waals surface area contributed by atoms with Crippen LogP contribution in [0.25, 0.3) is 0 Å². The minimum absolute atomic E-state index is 0.562. The number of nitrogens with zero attached hydrogens (tertiary/aromatic N) is 1. The monoisotopic (exact) mass is 271 g/mol. The van der Waals surface area contributed by atoms with E-state index in [2.05, 4.69) is 4.99 Å². The summed E-state index contributed by atoms with van der Waals surface area (Å²) in [4.78, 5) is 4.41. The summed E-state index contributed by atoms with van der Waals surface area (Å²) in [6, 6.07) is 13.4. The Bertz CT molecular complexity index is 594. The first-order valence-electron chi connectivity index (χ1n) is 6.18. The molecule has 2 aromatic rings. The zero-order chi connectivity index (χ0) is 14.4. The van der Waals surface area contributed by atoms with Crippen molar-refractivity contribution < 1.29 is 14.2 Å². The van der Waals surface area contributed by atoms with E-state index in [1.165, 1.54) is 0 Å². The molecule has 2 aromatic carbocycles. The molecule has 0 unspecified atom stereocenters. The summed E-state index contributed by atoms with van der Waals surface area (Å²) in [5, 5.41) is 0. The van der Waals surface area contributed by atoms with Crippen LogP contribution in [0.15, 0.2) is 47.5 Å². The van der Waals surface area contributed by atoms with Gasteiger partial charge in [0.15, 0.2) is 11.5 Å². The molecule has 0 amide bonds. The van der Waals surface area contributed by atoms with E-state index in [-0.39, 0.29) is 0 Å². The fraction of sp³-hybridized carbons (Fsp3) is 0.188. The maximum atomic E-state index is 5.40. The molecule has 0 aliphatic heterocycles. The van der Waals surface area contributed by atoms with Crippen LogP contribution in [0.1, 0.15) is 5.56 Å². The first-order chi connectivity index (χ1) is 9.80. The molecular weight excluding hydrogens is 254 g/mol. The van der Waals surface area contributed by atoms with Gasteiger partial charge in [-0.3, -0.25) is 4.99 Å². The van der Waals surface area contributed by atoms with Crippen LogP contribution in [0.4, 0.5) is 5.69 Å². The summed E-state index contributed by atoms with van der Waals surface area (Å²) >= 11 is 0. The van der Waals surface area contributed by atoms with Crippen LogP contribution < -0.4 is 14.2 Å². The molecule has 4 heteroatoms. The highest BCUT2D eigenvalue weighted by Crippen LogP contribution is 2.39. The fourth-order valence-electron chi connectivity index (χ4n) is 1.88. The molecule has 0 atom stereocenters. The predicted octanol–water partition coefficient (Wildman–Crippen LogP) is 3.46. The molecule has 0 radical (unpaired) electrons. The molecule has 0 saturated heterocycles. The molecule has 0 aliphatic rings. The number of hydrogen-bond acceptors (Lipinski definition) is 4. The summed E-state index contributed by atoms with van der Waals surface area (Å²) in [5.41, 5.74) is 1.71. The van der Waals surface area contributed by atoms with Crippen molar-refractivity contribution in [2.24, 2.45) is 4.99 Å². The lowest BCUT2D eigenvalue weighted by molar-refractivity contribution is 0.324. The van der Waals surface area contributed by atoms with Crippen LogP contribution in [0.2, 0.25) is 0 Å². The van der Waals surface area contributed by atoms with Crippen LogP contribution >= 0.6 is 0 Å². The molecule has 0 saturated carbocycles. The minimum atomic E-state index is 0.562. The lowest BCUT2D eigenvalue weighted by Crippen LogP contribution is -1.98. The lowest BCUT2D eigenvalue weighted by atomic mass is 10.2. The highest BCUT2D eigenvalue weighted by molar-refractivity contribution is 5.87. The van der Waals surface area contributed by atoms with Crippen molar-refractivity contribution in [3.05, 3.63) is 48.0 Å². The third-order valence-electron chi connectivity index (χ3n) is 2.84. The van der Waals surface area contributed by atoms with Gasteiger partial charge in [0.25, 0.3) is 0 Å². The Balaban J connectivity index is 2.39. The van der Waals surface area contributed by atoms with Gasteiger partial charge in [-0.1, -0.05) is 18.2 Å². The van der Waals surface area contributed by atoms with Crippen molar-refractivity contribution in [2.75, 3.05) is 21.3 Å². The van der Waals surface area contributed by atoms with Crippen LogP contribution in [-0.2, 0) is 0 Å². The Morgan fingerprint density at radius 3 is 2.10 bits per heavy atom. The Hall–Kier alpha value is -2.49. The van der Waals surface area contributed by atoms with E-state index in [9.17, 15) is 0 Å². The van der Waals surface area contributed by atoms with Gasteiger partial charge in [-0.25, -0.2) is 0 Å². The number of methoxy groups -OCH3 is 3. The van der Waals surface area contributed by atoms with Crippen molar-refractivity contribution in [3.8, 4) is 17.2 Å². The summed E-state index contributed by atoms with van der Waals surface area (Å²) in [7, 11) is 4.77. The number of benzene rings is 2. The summed E-state index contributed by atoms with van der Waals surface area (Å²) in [6.45, 7) is 0. The number of para-hydroxylation sites is 1. The lowest BCUT2D eigenvalue weighted by Gasteiger charge is -2.13. The average molecular weight is 271 g/mol. The third-order valence-corrected chi connectivity index (χ3v) is 2.84. The van der Waals surface area contributed by atoms with Gasteiger partial charge in [-0.15, -0.1) is 0 Å². The van der Waals surface area contributed by atoms with Gasteiger partial charge in [0.05, 0.1) is 27.0 Å². The molecule has 4 nitrogen and oxygen atoms in total. The molecule has 104 valence electrons. The van der Waals surface area contributed by atoms with Gasteiger partial charge in [-0.2, -0.15) is 0 Å². The highest BCUT2D eigenvalue weighted by atomic mass is 16.5. The molecule has 0 spiro atoms. The summed E-state index contributed by atoms with van der Waals surface area (Å²) in [5.74, 6) is 1.79. The van der Waals surface area contributed by atoms with Crippen molar-refractivity contribution >= 4 is 11.9 Å². The first-order valence-corrected chi connectivity index (χ1v) is 6.18. The minimum Gasteiger partial charge on any atom is -0.493 e. The van der Waals surface area contributed by atoms with Gasteiger partial charge in [0, 0.05) is 11.8 Å². The number of aliphatic imine (C=N–C) groups is 1. The Labute approximate surface area is 118 Å². The highest BCUT2D eigenvalue weighted by Gasteiger charge is 2.14. The van der Waals surface area contributed by atoms with Gasteiger partial charge in [0.2, 0.25) is 5.75 Å². The van der Waals surface area contributed by atoms with E-state index < -0.39 is 0 Å². The van der Waals surface area contributed by atoms with E-state index >= 15 is 0 Å². The molecule has 0 heterocycles. The van der Waals surface area contributed by atoms with Crippen LogP contribution in [0, 0.1) is 0 Å². The zero-order valence-corrected chi connectivity index (χ0v) is 11.8. The second-order valence-electron chi connectivity index (χ2n) is 4.02. The molecular formula is C16H17NO3. The van der Waals surface area contributed by atoms with Gasteiger partial charge in [-0.05, 0) is 24.3 Å². The van der Waals surface area contributed by atoms with E-state index in [0.29, 0.717) is 17.2 Å². The van der Waals surface area contributed by atoms with E-state index in [0.717, 1.165) is 11.3 Å². The maximum Gasteiger partial charge on any atom is 0.203 e. The topological polar surface area (TPSA) is 40.0 Å². The standard InChI is InChI=1S/C16H17NO3/c1-18-14-10-9-12(15(19-2)16(14)20-3)11-17-13-7-5-4-6-8-13/h4-11H,1-3H3. The molecule has 20 heavy (non-hydrogen) atoms. The quantitative estimate of drug-likeness (QED) is 0.782. The third kappa shape index (κ3) is 2.91. The number of hydrogen-bond donors (Lipinski definition) is 0. The second-order valence-corrected chi connectivity index (χ2v) is 4.02. The summed E-state index contributed by atoms with van der Waals surface area (Å²) < 4.78 is 16.0. The van der Waals surface area contributed by atoms with Crippen LogP contribution in [-0.4, -0.2) is 27.5 Å². The van der Waals surface area contributed by atoms with Gasteiger partial charge >= 0.3 is 0 Å². The largest absolute Gasteiger partial charge is 0.493 e. The Morgan fingerprint density at radius 1 is 0.800 bits per heavy atom. The zero-order valence-electron chi connectivity index (χ0n) is 11.8. The van der Waals surface area contributed by atoms with Crippen molar-refractivity contribution in [3.63, 3.8) is 0 Å². The fourth-order valence-corrected chi connectivity index (χ4v) is 1.88. The molecule has 0 aromatic heterocycles.